The summed E-state index contributed by atoms with van der Waals surface area (Å²) in [6.45, 7) is 2.59. The molecule has 0 spiro atoms. The lowest BCUT2D eigenvalue weighted by molar-refractivity contribution is 0.103. The average Bonchev–Trinajstić information content (AvgIpc) is 2.74. The highest BCUT2D eigenvalue weighted by molar-refractivity contribution is 9.10. The van der Waals surface area contributed by atoms with Gasteiger partial charge in [-0.1, -0.05) is 6.07 Å². The first-order valence-corrected chi connectivity index (χ1v) is 6.05. The molecule has 1 aliphatic heterocycles. The van der Waals surface area contributed by atoms with E-state index in [1.807, 2.05) is 18.3 Å². The molecular weight excluding hydrogens is 256 g/mol. The molecule has 1 fully saturated rings. The summed E-state index contributed by atoms with van der Waals surface area (Å²) in [6, 6.07) is 4.51. The summed E-state index contributed by atoms with van der Waals surface area (Å²) in [5, 5.41) is 3.40. The van der Waals surface area contributed by atoms with E-state index in [0.717, 1.165) is 23.3 Å². The second-order valence-corrected chi connectivity index (χ2v) is 4.61. The molecule has 0 aliphatic carbocycles. The Morgan fingerprint density at radius 2 is 2.47 bits per heavy atom. The Morgan fingerprint density at radius 3 is 3.13 bits per heavy atom. The summed E-state index contributed by atoms with van der Waals surface area (Å²) in [4.78, 5) is 4.15. The van der Waals surface area contributed by atoms with Crippen LogP contribution in [0.3, 0.4) is 0 Å². The van der Waals surface area contributed by atoms with Crippen molar-refractivity contribution in [1.82, 2.24) is 10.3 Å². The van der Waals surface area contributed by atoms with E-state index in [9.17, 15) is 0 Å². The van der Waals surface area contributed by atoms with Crippen LogP contribution >= 0.6 is 15.9 Å². The van der Waals surface area contributed by atoms with E-state index >= 15 is 0 Å². The van der Waals surface area contributed by atoms with Crippen LogP contribution in [0.1, 0.15) is 18.4 Å². The standard InChI is InChI=1S/C11H15BrN2O/c12-11-4-3-9(6-14-11)7-15-8-10-2-1-5-13-10/h3-4,6,10,13H,1-2,5,7-8H2/t10-/m0/s1. The number of nitrogens with one attached hydrogen (secondary N) is 1. The molecule has 1 saturated heterocycles. The number of ether oxygens (including phenoxy) is 1. The second-order valence-electron chi connectivity index (χ2n) is 3.80. The summed E-state index contributed by atoms with van der Waals surface area (Å²) in [6.07, 6.45) is 4.35. The van der Waals surface area contributed by atoms with Crippen molar-refractivity contribution in [3.63, 3.8) is 0 Å². The van der Waals surface area contributed by atoms with Gasteiger partial charge >= 0.3 is 0 Å². The Kier molecular flexibility index (Phi) is 4.11. The fraction of sp³-hybridized carbons (Fsp3) is 0.545. The number of nitrogens with zero attached hydrogens (tertiary/aromatic N) is 1. The Morgan fingerprint density at radius 1 is 1.53 bits per heavy atom. The van der Waals surface area contributed by atoms with Crippen LogP contribution in [0.2, 0.25) is 0 Å². The van der Waals surface area contributed by atoms with Crippen molar-refractivity contribution in [2.24, 2.45) is 0 Å². The fourth-order valence-corrected chi connectivity index (χ4v) is 1.94. The number of hydrogen-bond donors (Lipinski definition) is 1. The molecule has 1 atom stereocenters. The number of halogens is 1. The highest BCUT2D eigenvalue weighted by Gasteiger charge is 2.13. The molecule has 0 radical (unpaired) electrons. The largest absolute Gasteiger partial charge is 0.375 e. The van der Waals surface area contributed by atoms with Gasteiger partial charge in [0.1, 0.15) is 4.60 Å². The highest BCUT2D eigenvalue weighted by atomic mass is 79.9. The summed E-state index contributed by atoms with van der Waals surface area (Å²) >= 11 is 3.31. The van der Waals surface area contributed by atoms with Gasteiger partial charge in [0.2, 0.25) is 0 Å². The van der Waals surface area contributed by atoms with Crippen LogP contribution in [0.5, 0.6) is 0 Å². The van der Waals surface area contributed by atoms with Crippen molar-refractivity contribution in [3.8, 4) is 0 Å². The van der Waals surface area contributed by atoms with E-state index in [0.29, 0.717) is 12.6 Å². The Hall–Kier alpha value is -0.450. The first-order chi connectivity index (χ1) is 7.34. The Balaban J connectivity index is 1.71. The van der Waals surface area contributed by atoms with Gasteiger partial charge in [0.05, 0.1) is 13.2 Å². The van der Waals surface area contributed by atoms with Gasteiger partial charge in [-0.3, -0.25) is 0 Å². The number of aromatic nitrogens is 1. The topological polar surface area (TPSA) is 34.1 Å². The van der Waals surface area contributed by atoms with Crippen molar-refractivity contribution in [2.75, 3.05) is 13.2 Å². The molecular formula is C11H15BrN2O. The van der Waals surface area contributed by atoms with E-state index in [-0.39, 0.29) is 0 Å². The lowest BCUT2D eigenvalue weighted by Gasteiger charge is -2.10. The Bertz CT molecular complexity index is 296. The second kappa shape index (κ2) is 5.58. The predicted molar refractivity (Wildman–Crippen MR) is 62.6 cm³/mol. The number of pyridine rings is 1. The van der Waals surface area contributed by atoms with Gasteiger partial charge < -0.3 is 10.1 Å². The normalized spacial score (nSPS) is 20.7. The molecule has 1 aliphatic rings. The first kappa shape index (κ1) is 11.0. The van der Waals surface area contributed by atoms with Crippen LogP contribution in [0.25, 0.3) is 0 Å². The zero-order chi connectivity index (χ0) is 10.5. The van der Waals surface area contributed by atoms with Crippen LogP contribution < -0.4 is 5.32 Å². The summed E-state index contributed by atoms with van der Waals surface area (Å²) in [7, 11) is 0. The van der Waals surface area contributed by atoms with E-state index in [1.165, 1.54) is 12.8 Å². The van der Waals surface area contributed by atoms with Gasteiger partial charge in [0.15, 0.2) is 0 Å². The zero-order valence-corrected chi connectivity index (χ0v) is 10.2. The third-order valence-electron chi connectivity index (χ3n) is 2.54. The summed E-state index contributed by atoms with van der Waals surface area (Å²) < 4.78 is 6.49. The van der Waals surface area contributed by atoms with Crippen LogP contribution in [0, 0.1) is 0 Å². The van der Waals surface area contributed by atoms with Crippen molar-refractivity contribution in [3.05, 3.63) is 28.5 Å². The third-order valence-corrected chi connectivity index (χ3v) is 3.01. The van der Waals surface area contributed by atoms with Crippen molar-refractivity contribution in [2.45, 2.75) is 25.5 Å². The van der Waals surface area contributed by atoms with E-state index in [2.05, 4.69) is 26.2 Å². The van der Waals surface area contributed by atoms with Crippen molar-refractivity contribution < 1.29 is 4.74 Å². The van der Waals surface area contributed by atoms with Gasteiger partial charge in [-0.05, 0) is 46.9 Å². The molecule has 3 nitrogen and oxygen atoms in total. The van der Waals surface area contributed by atoms with Crippen LogP contribution in [0.4, 0.5) is 0 Å². The van der Waals surface area contributed by atoms with Gasteiger partial charge in [0.25, 0.3) is 0 Å². The van der Waals surface area contributed by atoms with Crippen LogP contribution in [-0.4, -0.2) is 24.2 Å². The maximum atomic E-state index is 5.63. The quantitative estimate of drug-likeness (QED) is 0.852. The molecule has 0 aromatic carbocycles. The summed E-state index contributed by atoms with van der Waals surface area (Å²) in [5.41, 5.74) is 1.12. The molecule has 1 aromatic heterocycles. The van der Waals surface area contributed by atoms with E-state index in [4.69, 9.17) is 4.74 Å². The molecule has 2 rings (SSSR count). The minimum Gasteiger partial charge on any atom is -0.375 e. The fourth-order valence-electron chi connectivity index (χ4n) is 1.71. The van der Waals surface area contributed by atoms with Gasteiger partial charge in [-0.2, -0.15) is 0 Å². The van der Waals surface area contributed by atoms with Crippen LogP contribution in [-0.2, 0) is 11.3 Å². The minimum absolute atomic E-state index is 0.549. The van der Waals surface area contributed by atoms with E-state index < -0.39 is 0 Å². The SMILES string of the molecule is Brc1ccc(COC[C@@H]2CCCN2)cn1. The van der Waals surface area contributed by atoms with Gasteiger partial charge in [0, 0.05) is 12.2 Å². The van der Waals surface area contributed by atoms with Crippen LogP contribution in [0.15, 0.2) is 22.9 Å². The maximum Gasteiger partial charge on any atom is 0.106 e. The third kappa shape index (κ3) is 3.55. The molecule has 0 amide bonds. The molecule has 4 heteroatoms. The molecule has 0 unspecified atom stereocenters. The minimum atomic E-state index is 0.549. The zero-order valence-electron chi connectivity index (χ0n) is 8.58. The lowest BCUT2D eigenvalue weighted by Crippen LogP contribution is -2.26. The predicted octanol–water partition coefficient (Wildman–Crippen LogP) is 2.11. The molecule has 82 valence electrons. The molecule has 1 aromatic rings. The summed E-state index contributed by atoms with van der Waals surface area (Å²) in [5.74, 6) is 0. The first-order valence-electron chi connectivity index (χ1n) is 5.26. The lowest BCUT2D eigenvalue weighted by atomic mass is 10.2. The van der Waals surface area contributed by atoms with Crippen molar-refractivity contribution >= 4 is 15.9 Å². The van der Waals surface area contributed by atoms with E-state index in [1.54, 1.807) is 0 Å². The molecule has 1 N–H and O–H groups in total. The molecule has 2 heterocycles. The van der Waals surface area contributed by atoms with Gasteiger partial charge in [-0.15, -0.1) is 0 Å². The number of rotatable bonds is 4. The average molecular weight is 271 g/mol. The molecule has 0 saturated carbocycles. The van der Waals surface area contributed by atoms with Crippen molar-refractivity contribution in [1.29, 1.82) is 0 Å². The number of hydrogen-bond acceptors (Lipinski definition) is 3. The maximum absolute atomic E-state index is 5.63. The Labute approximate surface area is 98.4 Å². The molecule has 15 heavy (non-hydrogen) atoms. The highest BCUT2D eigenvalue weighted by Crippen LogP contribution is 2.09. The monoisotopic (exact) mass is 270 g/mol. The van der Waals surface area contributed by atoms with Gasteiger partial charge in [-0.25, -0.2) is 4.98 Å². The molecule has 0 bridgehead atoms. The smallest absolute Gasteiger partial charge is 0.106 e.